The molecule has 0 fully saturated rings. The molecule has 0 amide bonds. The number of ether oxygens (including phenoxy) is 1. The van der Waals surface area contributed by atoms with Crippen LogP contribution in [0.4, 0.5) is 13.2 Å². The molecule has 0 aliphatic carbocycles. The van der Waals surface area contributed by atoms with Crippen molar-refractivity contribution in [1.82, 2.24) is 0 Å². The Kier molecular flexibility index (Phi) is 5.11. The summed E-state index contributed by atoms with van der Waals surface area (Å²) in [5.74, 6) is -6.43. The van der Waals surface area contributed by atoms with Crippen molar-refractivity contribution in [2.45, 2.75) is 6.92 Å². The van der Waals surface area contributed by atoms with Crippen LogP contribution in [0.15, 0.2) is 23.2 Å². The number of halogens is 4. The van der Waals surface area contributed by atoms with Crippen molar-refractivity contribution < 1.29 is 27.5 Å². The Balaban J connectivity index is 3.19. The van der Waals surface area contributed by atoms with Crippen molar-refractivity contribution in [2.24, 2.45) is 0 Å². The van der Waals surface area contributed by atoms with E-state index in [2.05, 4.69) is 4.74 Å². The predicted octanol–water partition coefficient (Wildman–Crippen LogP) is 2.97. The number of ketones is 1. The van der Waals surface area contributed by atoms with Gasteiger partial charge in [0.05, 0.1) is 12.2 Å². The van der Waals surface area contributed by atoms with Crippen LogP contribution in [0, 0.1) is 17.5 Å². The van der Waals surface area contributed by atoms with Gasteiger partial charge in [0.1, 0.15) is 11.4 Å². The van der Waals surface area contributed by atoms with Gasteiger partial charge in [0.15, 0.2) is 11.6 Å². The first kappa shape index (κ1) is 15.2. The highest BCUT2D eigenvalue weighted by Crippen LogP contribution is 2.18. The third kappa shape index (κ3) is 3.35. The maximum Gasteiger partial charge on any atom is 0.343 e. The van der Waals surface area contributed by atoms with Gasteiger partial charge in [-0.25, -0.2) is 18.0 Å². The fraction of sp³-hybridized carbons (Fsp3) is 0.167. The van der Waals surface area contributed by atoms with Crippen LogP contribution in [-0.4, -0.2) is 18.4 Å². The molecule has 0 aromatic heterocycles. The fourth-order valence-corrected chi connectivity index (χ4v) is 1.43. The molecule has 0 bridgehead atoms. The number of carbonyl (C=O) groups is 2. The number of carbonyl (C=O) groups excluding carboxylic acids is 2. The lowest BCUT2D eigenvalue weighted by atomic mass is 10.0. The minimum Gasteiger partial charge on any atom is -0.462 e. The molecule has 0 N–H and O–H groups in total. The van der Waals surface area contributed by atoms with E-state index in [-0.39, 0.29) is 12.7 Å². The number of benzene rings is 1. The van der Waals surface area contributed by atoms with Crippen LogP contribution >= 0.6 is 11.6 Å². The number of hydrogen-bond donors (Lipinski definition) is 0. The number of Topliss-reactive ketones (excluding diaryl/α,β-unsaturated/α-hetero) is 1. The zero-order valence-corrected chi connectivity index (χ0v) is 10.4. The molecule has 0 unspecified atom stereocenters. The standard InChI is InChI=1S/C12H8ClF3O3/c1-2-19-12(18)7(5-13)11(17)6-3-9(15)10(16)4-8(6)14/h3-5H,2H2,1H3. The second-order valence-electron chi connectivity index (χ2n) is 3.32. The fourth-order valence-electron chi connectivity index (χ4n) is 1.24. The summed E-state index contributed by atoms with van der Waals surface area (Å²) < 4.78 is 43.6. The summed E-state index contributed by atoms with van der Waals surface area (Å²) in [6.45, 7) is 1.47. The summed E-state index contributed by atoms with van der Waals surface area (Å²) in [5.41, 5.74) is -0.881. The molecule has 0 spiro atoms. The van der Waals surface area contributed by atoms with Crippen molar-refractivity contribution >= 4 is 23.4 Å². The molecule has 1 rings (SSSR count). The van der Waals surface area contributed by atoms with Gasteiger partial charge in [-0.1, -0.05) is 11.6 Å². The van der Waals surface area contributed by atoms with Gasteiger partial charge in [-0.3, -0.25) is 4.79 Å². The van der Waals surface area contributed by atoms with Crippen molar-refractivity contribution in [3.63, 3.8) is 0 Å². The second kappa shape index (κ2) is 6.38. The summed E-state index contributed by atoms with van der Waals surface area (Å²) in [5, 5.41) is 0. The summed E-state index contributed by atoms with van der Waals surface area (Å²) in [7, 11) is 0. The highest BCUT2D eigenvalue weighted by molar-refractivity contribution is 6.34. The van der Waals surface area contributed by atoms with Crippen molar-refractivity contribution in [3.8, 4) is 0 Å². The Bertz CT molecular complexity index is 555. The highest BCUT2D eigenvalue weighted by Gasteiger charge is 2.25. The molecule has 0 aliphatic rings. The highest BCUT2D eigenvalue weighted by atomic mass is 35.5. The van der Waals surface area contributed by atoms with E-state index in [0.29, 0.717) is 11.6 Å². The minimum absolute atomic E-state index is 0.0272. The Morgan fingerprint density at radius 3 is 2.32 bits per heavy atom. The number of hydrogen-bond acceptors (Lipinski definition) is 3. The first-order valence-corrected chi connectivity index (χ1v) is 5.52. The second-order valence-corrected chi connectivity index (χ2v) is 3.54. The molecule has 0 saturated heterocycles. The third-order valence-corrected chi connectivity index (χ3v) is 2.32. The largest absolute Gasteiger partial charge is 0.462 e. The SMILES string of the molecule is CCOC(=O)C(=CCl)C(=O)c1cc(F)c(F)cc1F. The average molecular weight is 293 g/mol. The Labute approximate surface area is 111 Å². The van der Waals surface area contributed by atoms with Crippen LogP contribution in [0.2, 0.25) is 0 Å². The Morgan fingerprint density at radius 1 is 1.21 bits per heavy atom. The molecule has 0 heterocycles. The van der Waals surface area contributed by atoms with E-state index in [4.69, 9.17) is 11.6 Å². The number of rotatable bonds is 4. The van der Waals surface area contributed by atoms with Crippen LogP contribution in [0.3, 0.4) is 0 Å². The molecule has 102 valence electrons. The van der Waals surface area contributed by atoms with E-state index >= 15 is 0 Å². The van der Waals surface area contributed by atoms with E-state index in [1.807, 2.05) is 0 Å². The summed E-state index contributed by atoms with van der Waals surface area (Å²) in [6, 6.07) is 0.562. The van der Waals surface area contributed by atoms with E-state index < -0.39 is 40.3 Å². The maximum atomic E-state index is 13.4. The first-order valence-electron chi connectivity index (χ1n) is 5.09. The van der Waals surface area contributed by atoms with E-state index in [1.165, 1.54) is 6.92 Å². The first-order chi connectivity index (χ1) is 8.92. The van der Waals surface area contributed by atoms with Crippen LogP contribution in [0.1, 0.15) is 17.3 Å². The van der Waals surface area contributed by atoms with E-state index in [9.17, 15) is 22.8 Å². The van der Waals surface area contributed by atoms with Crippen molar-refractivity contribution in [3.05, 3.63) is 46.3 Å². The summed E-state index contributed by atoms with van der Waals surface area (Å²) in [6.07, 6.45) is 0. The van der Waals surface area contributed by atoms with Gasteiger partial charge >= 0.3 is 5.97 Å². The lowest BCUT2D eigenvalue weighted by molar-refractivity contribution is -0.138. The summed E-state index contributed by atoms with van der Waals surface area (Å²) in [4.78, 5) is 23.2. The van der Waals surface area contributed by atoms with E-state index in [1.54, 1.807) is 0 Å². The molecule has 3 nitrogen and oxygen atoms in total. The van der Waals surface area contributed by atoms with Gasteiger partial charge in [0, 0.05) is 11.6 Å². The summed E-state index contributed by atoms with van der Waals surface area (Å²) >= 11 is 5.29. The van der Waals surface area contributed by atoms with Gasteiger partial charge in [0.25, 0.3) is 0 Å². The van der Waals surface area contributed by atoms with Gasteiger partial charge in [-0.15, -0.1) is 0 Å². The molecule has 1 aromatic carbocycles. The van der Waals surface area contributed by atoms with Crippen LogP contribution in [-0.2, 0) is 9.53 Å². The van der Waals surface area contributed by atoms with Gasteiger partial charge in [-0.2, -0.15) is 0 Å². The molecule has 1 aromatic rings. The average Bonchev–Trinajstić information content (AvgIpc) is 2.34. The molecule has 0 atom stereocenters. The smallest absolute Gasteiger partial charge is 0.343 e. The molecule has 19 heavy (non-hydrogen) atoms. The van der Waals surface area contributed by atoms with Crippen LogP contribution < -0.4 is 0 Å². The van der Waals surface area contributed by atoms with Crippen molar-refractivity contribution in [2.75, 3.05) is 6.61 Å². The van der Waals surface area contributed by atoms with E-state index in [0.717, 1.165) is 0 Å². The molecule has 0 aliphatic heterocycles. The molecule has 0 saturated carbocycles. The van der Waals surface area contributed by atoms with Gasteiger partial charge < -0.3 is 4.74 Å². The lowest BCUT2D eigenvalue weighted by Gasteiger charge is -2.06. The predicted molar refractivity (Wildman–Crippen MR) is 61.2 cm³/mol. The Morgan fingerprint density at radius 2 is 1.79 bits per heavy atom. The quantitative estimate of drug-likeness (QED) is 0.214. The minimum atomic E-state index is -1.44. The third-order valence-electron chi connectivity index (χ3n) is 2.10. The molecule has 0 radical (unpaired) electrons. The molecule has 7 heteroatoms. The maximum absolute atomic E-state index is 13.4. The lowest BCUT2D eigenvalue weighted by Crippen LogP contribution is -2.17. The van der Waals surface area contributed by atoms with Crippen molar-refractivity contribution in [1.29, 1.82) is 0 Å². The van der Waals surface area contributed by atoms with Crippen LogP contribution in [0.25, 0.3) is 0 Å². The van der Waals surface area contributed by atoms with Gasteiger partial charge in [0.2, 0.25) is 5.78 Å². The molecular weight excluding hydrogens is 285 g/mol. The zero-order chi connectivity index (χ0) is 14.6. The van der Waals surface area contributed by atoms with Crippen LogP contribution in [0.5, 0.6) is 0 Å². The molecular formula is C12H8ClF3O3. The number of esters is 1. The Hall–Kier alpha value is -1.82. The zero-order valence-electron chi connectivity index (χ0n) is 9.68. The normalized spacial score (nSPS) is 11.3. The topological polar surface area (TPSA) is 43.4 Å². The monoisotopic (exact) mass is 292 g/mol. The van der Waals surface area contributed by atoms with Gasteiger partial charge in [-0.05, 0) is 13.0 Å².